The second-order valence-electron chi connectivity index (χ2n) is 5.15. The summed E-state index contributed by atoms with van der Waals surface area (Å²) in [5.41, 5.74) is 0.570. The van der Waals surface area contributed by atoms with E-state index in [1.54, 1.807) is 24.3 Å². The quantitative estimate of drug-likeness (QED) is 0.592. The van der Waals surface area contributed by atoms with Crippen LogP contribution in [0.3, 0.4) is 0 Å². The number of para-hydroxylation sites is 1. The van der Waals surface area contributed by atoms with Crippen LogP contribution in [0.1, 0.15) is 0 Å². The Hall–Kier alpha value is -3.06. The van der Waals surface area contributed by atoms with Gasteiger partial charge in [-0.1, -0.05) is 23.7 Å². The number of anilines is 2. The third-order valence-corrected chi connectivity index (χ3v) is 3.69. The highest BCUT2D eigenvalue weighted by Crippen LogP contribution is 2.19. The lowest BCUT2D eigenvalue weighted by Gasteiger charge is -2.10. The summed E-state index contributed by atoms with van der Waals surface area (Å²) in [5, 5.41) is 17.3. The number of nitrogens with zero attached hydrogens (tertiary/aromatic N) is 3. The number of carbonyl (C=O) groups is 1. The van der Waals surface area contributed by atoms with Crippen molar-refractivity contribution in [3.63, 3.8) is 0 Å². The third kappa shape index (κ3) is 4.71. The van der Waals surface area contributed by atoms with E-state index in [2.05, 4.69) is 26.1 Å². The van der Waals surface area contributed by atoms with Crippen LogP contribution in [0.4, 0.5) is 16.3 Å². The van der Waals surface area contributed by atoms with E-state index in [1.807, 2.05) is 41.2 Å². The predicted molar refractivity (Wildman–Crippen MR) is 98.3 cm³/mol. The maximum absolute atomic E-state index is 11.8. The van der Waals surface area contributed by atoms with Crippen molar-refractivity contribution >= 4 is 29.1 Å². The van der Waals surface area contributed by atoms with E-state index in [4.69, 9.17) is 11.6 Å². The second-order valence-corrected chi connectivity index (χ2v) is 5.56. The fourth-order valence-corrected chi connectivity index (χ4v) is 2.32. The molecule has 8 heteroatoms. The highest BCUT2D eigenvalue weighted by molar-refractivity contribution is 6.33. The standard InChI is InChI=1S/C17H17ClN6O/c18-13-5-1-2-6-14(13)21-17(25)20-10-9-19-15-7-8-16(23-22-15)24-11-3-4-12-24/h1-8,11-12H,9-10H2,(H,19,22)(H2,20,21,25). The van der Waals surface area contributed by atoms with Gasteiger partial charge in [-0.2, -0.15) is 0 Å². The molecule has 3 rings (SSSR count). The van der Waals surface area contributed by atoms with Crippen LogP contribution in [-0.4, -0.2) is 33.9 Å². The maximum Gasteiger partial charge on any atom is 0.319 e. The van der Waals surface area contributed by atoms with E-state index in [0.717, 1.165) is 5.82 Å². The fourth-order valence-electron chi connectivity index (χ4n) is 2.14. The van der Waals surface area contributed by atoms with Gasteiger partial charge in [0.15, 0.2) is 5.82 Å². The number of carbonyl (C=O) groups excluding carboxylic acids is 1. The van der Waals surface area contributed by atoms with Crippen LogP contribution in [0.5, 0.6) is 0 Å². The molecule has 2 amide bonds. The Morgan fingerprint density at radius 2 is 1.80 bits per heavy atom. The zero-order chi connectivity index (χ0) is 17.5. The van der Waals surface area contributed by atoms with Crippen LogP contribution < -0.4 is 16.0 Å². The molecule has 25 heavy (non-hydrogen) atoms. The van der Waals surface area contributed by atoms with Gasteiger partial charge in [0.2, 0.25) is 0 Å². The maximum atomic E-state index is 11.8. The van der Waals surface area contributed by atoms with Gasteiger partial charge >= 0.3 is 6.03 Å². The normalized spacial score (nSPS) is 10.3. The monoisotopic (exact) mass is 356 g/mol. The molecule has 0 fully saturated rings. The summed E-state index contributed by atoms with van der Waals surface area (Å²) in [5.74, 6) is 1.39. The molecule has 0 aliphatic heterocycles. The van der Waals surface area contributed by atoms with E-state index in [0.29, 0.717) is 29.6 Å². The number of hydrogen-bond donors (Lipinski definition) is 3. The molecule has 0 aliphatic carbocycles. The highest BCUT2D eigenvalue weighted by atomic mass is 35.5. The summed E-state index contributed by atoms with van der Waals surface area (Å²) in [4.78, 5) is 11.8. The molecule has 0 unspecified atom stereocenters. The first kappa shape index (κ1) is 16.8. The van der Waals surface area contributed by atoms with E-state index < -0.39 is 0 Å². The summed E-state index contributed by atoms with van der Waals surface area (Å²) in [7, 11) is 0. The van der Waals surface area contributed by atoms with Crippen molar-refractivity contribution in [1.82, 2.24) is 20.1 Å². The van der Waals surface area contributed by atoms with Crippen molar-refractivity contribution in [3.8, 4) is 5.82 Å². The number of amides is 2. The minimum absolute atomic E-state index is 0.316. The summed E-state index contributed by atoms with van der Waals surface area (Å²) in [6.07, 6.45) is 3.80. The van der Waals surface area contributed by atoms with Gasteiger partial charge in [0.05, 0.1) is 10.7 Å². The highest BCUT2D eigenvalue weighted by Gasteiger charge is 2.04. The first-order valence-corrected chi connectivity index (χ1v) is 8.10. The van der Waals surface area contributed by atoms with E-state index in [9.17, 15) is 4.79 Å². The smallest absolute Gasteiger partial charge is 0.319 e. The van der Waals surface area contributed by atoms with Crippen molar-refractivity contribution in [2.45, 2.75) is 0 Å². The van der Waals surface area contributed by atoms with E-state index in [-0.39, 0.29) is 6.03 Å². The zero-order valence-electron chi connectivity index (χ0n) is 13.3. The molecule has 2 aromatic heterocycles. The first-order chi connectivity index (χ1) is 12.2. The molecule has 0 bridgehead atoms. The number of hydrogen-bond acceptors (Lipinski definition) is 4. The molecule has 0 saturated heterocycles. The SMILES string of the molecule is O=C(NCCNc1ccc(-n2cccc2)nn1)Nc1ccccc1Cl. The minimum atomic E-state index is -0.316. The van der Waals surface area contributed by atoms with Crippen molar-refractivity contribution in [2.75, 3.05) is 23.7 Å². The Morgan fingerprint density at radius 1 is 1.00 bits per heavy atom. The molecule has 7 nitrogen and oxygen atoms in total. The number of rotatable bonds is 6. The van der Waals surface area contributed by atoms with Crippen LogP contribution in [0.15, 0.2) is 60.9 Å². The lowest BCUT2D eigenvalue weighted by atomic mass is 10.3. The molecular weight excluding hydrogens is 340 g/mol. The van der Waals surface area contributed by atoms with Crippen molar-refractivity contribution in [2.24, 2.45) is 0 Å². The van der Waals surface area contributed by atoms with Gasteiger partial charge in [0, 0.05) is 25.5 Å². The average Bonchev–Trinajstić information content (AvgIpc) is 3.16. The largest absolute Gasteiger partial charge is 0.367 e. The minimum Gasteiger partial charge on any atom is -0.367 e. The number of nitrogens with one attached hydrogen (secondary N) is 3. The van der Waals surface area contributed by atoms with Crippen molar-refractivity contribution in [3.05, 3.63) is 65.9 Å². The first-order valence-electron chi connectivity index (χ1n) is 7.73. The predicted octanol–water partition coefficient (Wildman–Crippen LogP) is 3.15. The van der Waals surface area contributed by atoms with Gasteiger partial charge in [0.25, 0.3) is 0 Å². The molecule has 2 heterocycles. The molecule has 0 saturated carbocycles. The van der Waals surface area contributed by atoms with E-state index >= 15 is 0 Å². The number of urea groups is 1. The number of benzene rings is 1. The molecular formula is C17H17ClN6O. The van der Waals surface area contributed by atoms with Crippen LogP contribution in [0.2, 0.25) is 5.02 Å². The summed E-state index contributed by atoms with van der Waals surface area (Å²) in [6.45, 7) is 0.949. The topological polar surface area (TPSA) is 83.9 Å². The Labute approximate surface area is 150 Å². The van der Waals surface area contributed by atoms with Gasteiger partial charge in [-0.3, -0.25) is 0 Å². The second kappa shape index (κ2) is 8.16. The fraction of sp³-hybridized carbons (Fsp3) is 0.118. The zero-order valence-corrected chi connectivity index (χ0v) is 14.1. The number of aromatic nitrogens is 3. The molecule has 0 spiro atoms. The van der Waals surface area contributed by atoms with Crippen molar-refractivity contribution < 1.29 is 4.79 Å². The Balaban J connectivity index is 1.41. The Kier molecular flexibility index (Phi) is 5.48. The number of halogens is 1. The lowest BCUT2D eigenvalue weighted by molar-refractivity contribution is 0.252. The molecule has 3 aromatic rings. The molecule has 0 aliphatic rings. The lowest BCUT2D eigenvalue weighted by Crippen LogP contribution is -2.32. The molecule has 0 atom stereocenters. The van der Waals surface area contributed by atoms with Crippen LogP contribution >= 0.6 is 11.6 Å². The summed E-state index contributed by atoms with van der Waals surface area (Å²) >= 11 is 5.99. The van der Waals surface area contributed by atoms with Crippen LogP contribution in [-0.2, 0) is 0 Å². The van der Waals surface area contributed by atoms with Crippen LogP contribution in [0, 0.1) is 0 Å². The summed E-state index contributed by atoms with van der Waals surface area (Å²) in [6, 6.07) is 14.3. The van der Waals surface area contributed by atoms with Crippen LogP contribution in [0.25, 0.3) is 5.82 Å². The molecule has 128 valence electrons. The van der Waals surface area contributed by atoms with Gasteiger partial charge in [-0.25, -0.2) is 4.79 Å². The molecule has 1 aromatic carbocycles. The third-order valence-electron chi connectivity index (χ3n) is 3.36. The Bertz CT molecular complexity index is 819. The average molecular weight is 357 g/mol. The van der Waals surface area contributed by atoms with Crippen molar-refractivity contribution in [1.29, 1.82) is 0 Å². The van der Waals surface area contributed by atoms with Gasteiger partial charge in [0.1, 0.15) is 5.82 Å². The van der Waals surface area contributed by atoms with Gasteiger partial charge in [-0.15, -0.1) is 10.2 Å². The van der Waals surface area contributed by atoms with E-state index in [1.165, 1.54) is 0 Å². The molecule has 0 radical (unpaired) electrons. The van der Waals surface area contributed by atoms with Gasteiger partial charge in [-0.05, 0) is 36.4 Å². The Morgan fingerprint density at radius 3 is 2.52 bits per heavy atom. The summed E-state index contributed by atoms with van der Waals surface area (Å²) < 4.78 is 1.87. The molecule has 3 N–H and O–H groups in total. The van der Waals surface area contributed by atoms with Gasteiger partial charge < -0.3 is 20.5 Å².